The normalized spacial score (nSPS) is 10.6. The summed E-state index contributed by atoms with van der Waals surface area (Å²) in [5.74, 6) is 0. The predicted octanol–water partition coefficient (Wildman–Crippen LogP) is 2.59. The number of rotatable bonds is 1. The van der Waals surface area contributed by atoms with Crippen molar-refractivity contribution in [2.45, 2.75) is 0 Å². The van der Waals surface area contributed by atoms with Gasteiger partial charge in [-0.15, -0.1) is 0 Å². The first-order valence-corrected chi connectivity index (χ1v) is 5.37. The third kappa shape index (κ3) is 1.72. The Kier molecular flexibility index (Phi) is 2.22. The van der Waals surface area contributed by atoms with Gasteiger partial charge in [0, 0.05) is 11.6 Å². The molecule has 0 unspecified atom stereocenters. The lowest BCUT2D eigenvalue weighted by molar-refractivity contribution is 1.12. The van der Waals surface area contributed by atoms with E-state index in [4.69, 9.17) is 0 Å². The van der Waals surface area contributed by atoms with Crippen LogP contribution in [0, 0.1) is 0 Å². The molecule has 1 heterocycles. The van der Waals surface area contributed by atoms with Gasteiger partial charge in [0.25, 0.3) is 5.56 Å². The van der Waals surface area contributed by atoms with Crippen LogP contribution in [0.4, 0.5) is 0 Å². The van der Waals surface area contributed by atoms with E-state index in [9.17, 15) is 4.79 Å². The quantitative estimate of drug-likeness (QED) is 0.687. The van der Waals surface area contributed by atoms with Gasteiger partial charge < -0.3 is 4.98 Å². The summed E-state index contributed by atoms with van der Waals surface area (Å²) in [6.07, 6.45) is 1.43. The molecule has 0 bridgehead atoms. The Morgan fingerprint density at radius 2 is 1.82 bits per heavy atom. The predicted molar refractivity (Wildman–Crippen MR) is 67.8 cm³/mol. The molecular formula is C14H10N2O. The molecule has 17 heavy (non-hydrogen) atoms. The number of benzene rings is 2. The molecule has 0 spiro atoms. The largest absolute Gasteiger partial charge is 0.313 e. The second-order valence-corrected chi connectivity index (χ2v) is 3.82. The molecule has 0 saturated heterocycles. The van der Waals surface area contributed by atoms with Crippen LogP contribution in [0.15, 0.2) is 59.7 Å². The van der Waals surface area contributed by atoms with Crippen molar-refractivity contribution in [3.05, 3.63) is 65.2 Å². The maximum atomic E-state index is 11.3. The average molecular weight is 222 g/mol. The van der Waals surface area contributed by atoms with Crippen LogP contribution in [-0.4, -0.2) is 9.97 Å². The molecule has 0 fully saturated rings. The lowest BCUT2D eigenvalue weighted by atomic mass is 10.0. The summed E-state index contributed by atoms with van der Waals surface area (Å²) < 4.78 is 0. The van der Waals surface area contributed by atoms with Crippen molar-refractivity contribution in [2.75, 3.05) is 0 Å². The monoisotopic (exact) mass is 222 g/mol. The van der Waals surface area contributed by atoms with Crippen LogP contribution in [-0.2, 0) is 0 Å². The molecule has 0 amide bonds. The zero-order valence-electron chi connectivity index (χ0n) is 9.05. The van der Waals surface area contributed by atoms with Crippen LogP contribution in [0.1, 0.15) is 0 Å². The molecule has 82 valence electrons. The highest BCUT2D eigenvalue weighted by Crippen LogP contribution is 2.25. The SMILES string of the molecule is O=c1cc(-c2cccc3ccccc23)nc[nH]1. The molecule has 3 rings (SSSR count). The van der Waals surface area contributed by atoms with Gasteiger partial charge in [0.2, 0.25) is 0 Å². The fourth-order valence-corrected chi connectivity index (χ4v) is 1.96. The topological polar surface area (TPSA) is 45.8 Å². The summed E-state index contributed by atoms with van der Waals surface area (Å²) in [5, 5.41) is 2.25. The van der Waals surface area contributed by atoms with Crippen molar-refractivity contribution in [1.82, 2.24) is 9.97 Å². The van der Waals surface area contributed by atoms with Crippen molar-refractivity contribution >= 4 is 10.8 Å². The summed E-state index contributed by atoms with van der Waals surface area (Å²) in [6, 6.07) is 15.6. The zero-order valence-corrected chi connectivity index (χ0v) is 9.05. The van der Waals surface area contributed by atoms with Crippen LogP contribution in [0.2, 0.25) is 0 Å². The van der Waals surface area contributed by atoms with Crippen molar-refractivity contribution in [3.63, 3.8) is 0 Å². The number of nitrogens with zero attached hydrogens (tertiary/aromatic N) is 1. The molecule has 3 nitrogen and oxygen atoms in total. The molecule has 3 heteroatoms. The minimum absolute atomic E-state index is 0.136. The Morgan fingerprint density at radius 3 is 2.71 bits per heavy atom. The van der Waals surface area contributed by atoms with E-state index in [1.165, 1.54) is 12.4 Å². The van der Waals surface area contributed by atoms with Crippen LogP contribution < -0.4 is 5.56 Å². The lowest BCUT2D eigenvalue weighted by Gasteiger charge is -2.04. The lowest BCUT2D eigenvalue weighted by Crippen LogP contribution is -2.04. The maximum Gasteiger partial charge on any atom is 0.251 e. The Balaban J connectivity index is 2.34. The summed E-state index contributed by atoms with van der Waals surface area (Å²) in [7, 11) is 0. The minimum atomic E-state index is -0.136. The van der Waals surface area contributed by atoms with E-state index in [-0.39, 0.29) is 5.56 Å². The summed E-state index contributed by atoms with van der Waals surface area (Å²) in [5.41, 5.74) is 1.54. The number of nitrogens with one attached hydrogen (secondary N) is 1. The molecule has 1 N–H and O–H groups in total. The van der Waals surface area contributed by atoms with Gasteiger partial charge >= 0.3 is 0 Å². The first kappa shape index (κ1) is 9.78. The number of H-pyrrole nitrogens is 1. The van der Waals surface area contributed by atoms with Gasteiger partial charge in [-0.3, -0.25) is 4.79 Å². The standard InChI is InChI=1S/C14H10N2O/c17-14-8-13(15-9-16-14)12-7-3-5-10-4-1-2-6-11(10)12/h1-9H,(H,15,16,17). The fraction of sp³-hybridized carbons (Fsp3) is 0. The van der Waals surface area contributed by atoms with E-state index in [0.29, 0.717) is 5.69 Å². The van der Waals surface area contributed by atoms with E-state index < -0.39 is 0 Å². The molecular weight excluding hydrogens is 212 g/mol. The van der Waals surface area contributed by atoms with Crippen molar-refractivity contribution < 1.29 is 0 Å². The first-order valence-electron chi connectivity index (χ1n) is 5.37. The Bertz CT molecular complexity index is 726. The highest BCUT2D eigenvalue weighted by atomic mass is 16.1. The Morgan fingerprint density at radius 1 is 1.00 bits per heavy atom. The van der Waals surface area contributed by atoms with Crippen LogP contribution >= 0.6 is 0 Å². The molecule has 1 aromatic heterocycles. The number of aromatic amines is 1. The number of hydrogen-bond acceptors (Lipinski definition) is 2. The molecule has 0 aliphatic heterocycles. The van der Waals surface area contributed by atoms with Gasteiger partial charge in [-0.05, 0) is 10.8 Å². The van der Waals surface area contributed by atoms with E-state index in [2.05, 4.69) is 9.97 Å². The highest BCUT2D eigenvalue weighted by Gasteiger charge is 2.04. The van der Waals surface area contributed by atoms with Crippen molar-refractivity contribution in [2.24, 2.45) is 0 Å². The average Bonchev–Trinajstić information content (AvgIpc) is 2.38. The Labute approximate surface area is 97.8 Å². The molecule has 2 aromatic carbocycles. The third-order valence-corrected chi connectivity index (χ3v) is 2.74. The van der Waals surface area contributed by atoms with E-state index >= 15 is 0 Å². The summed E-state index contributed by atoms with van der Waals surface area (Å²) >= 11 is 0. The maximum absolute atomic E-state index is 11.3. The van der Waals surface area contributed by atoms with Gasteiger partial charge in [-0.25, -0.2) is 4.98 Å². The smallest absolute Gasteiger partial charge is 0.251 e. The molecule has 0 saturated carbocycles. The zero-order chi connectivity index (χ0) is 11.7. The molecule has 0 atom stereocenters. The summed E-state index contributed by atoms with van der Waals surface area (Å²) in [4.78, 5) is 18.0. The van der Waals surface area contributed by atoms with Gasteiger partial charge in [-0.2, -0.15) is 0 Å². The van der Waals surface area contributed by atoms with Crippen LogP contribution in [0.3, 0.4) is 0 Å². The van der Waals surface area contributed by atoms with E-state index in [0.717, 1.165) is 16.3 Å². The third-order valence-electron chi connectivity index (χ3n) is 2.74. The van der Waals surface area contributed by atoms with Crippen molar-refractivity contribution in [3.8, 4) is 11.3 Å². The summed E-state index contributed by atoms with van der Waals surface area (Å²) in [6.45, 7) is 0. The highest BCUT2D eigenvalue weighted by molar-refractivity contribution is 5.95. The van der Waals surface area contributed by atoms with Crippen LogP contribution in [0.5, 0.6) is 0 Å². The fourth-order valence-electron chi connectivity index (χ4n) is 1.96. The van der Waals surface area contributed by atoms with Crippen molar-refractivity contribution in [1.29, 1.82) is 0 Å². The molecule has 0 aliphatic carbocycles. The number of hydrogen-bond donors (Lipinski definition) is 1. The van der Waals surface area contributed by atoms with Crippen LogP contribution in [0.25, 0.3) is 22.0 Å². The van der Waals surface area contributed by atoms with Gasteiger partial charge in [0.1, 0.15) is 0 Å². The second-order valence-electron chi connectivity index (χ2n) is 3.82. The number of aromatic nitrogens is 2. The minimum Gasteiger partial charge on any atom is -0.313 e. The molecule has 0 radical (unpaired) electrons. The molecule has 3 aromatic rings. The van der Waals surface area contributed by atoms with Gasteiger partial charge in [0.15, 0.2) is 0 Å². The van der Waals surface area contributed by atoms with Gasteiger partial charge in [0.05, 0.1) is 12.0 Å². The second kappa shape index (κ2) is 3.87. The number of fused-ring (bicyclic) bond motifs is 1. The Hall–Kier alpha value is -2.42. The first-order chi connectivity index (χ1) is 8.34. The van der Waals surface area contributed by atoms with E-state index in [1.807, 2.05) is 42.5 Å². The molecule has 0 aliphatic rings. The van der Waals surface area contributed by atoms with Gasteiger partial charge in [-0.1, -0.05) is 42.5 Å². The van der Waals surface area contributed by atoms with E-state index in [1.54, 1.807) is 0 Å².